The summed E-state index contributed by atoms with van der Waals surface area (Å²) in [5.74, 6) is -0.757. The Morgan fingerprint density at radius 2 is 1.93 bits per heavy atom. The molecule has 12 heteroatoms. The van der Waals surface area contributed by atoms with E-state index in [-0.39, 0.29) is 24.8 Å². The predicted octanol–water partition coefficient (Wildman–Crippen LogP) is 1.44. The summed E-state index contributed by atoms with van der Waals surface area (Å²) >= 11 is 0. The lowest BCUT2D eigenvalue weighted by molar-refractivity contribution is -0.137. The second-order valence-electron chi connectivity index (χ2n) is 6.43. The van der Waals surface area contributed by atoms with Crippen LogP contribution < -0.4 is 5.32 Å². The number of hydrogen-bond donors (Lipinski definition) is 1. The van der Waals surface area contributed by atoms with E-state index in [2.05, 4.69) is 15.3 Å². The van der Waals surface area contributed by atoms with Crippen molar-refractivity contribution in [3.8, 4) is 5.69 Å². The maximum Gasteiger partial charge on any atom is 0.418 e. The monoisotopic (exact) mass is 417 g/mol. The molecule has 3 rings (SSSR count). The molecule has 28 heavy (non-hydrogen) atoms. The average Bonchev–Trinajstić information content (AvgIpc) is 3.14. The summed E-state index contributed by atoms with van der Waals surface area (Å²) in [7, 11) is -3.32. The highest BCUT2D eigenvalue weighted by molar-refractivity contribution is 7.88. The summed E-state index contributed by atoms with van der Waals surface area (Å²) in [6, 6.07) is 0.439. The molecule has 1 fully saturated rings. The largest absolute Gasteiger partial charge is 0.418 e. The third-order valence-corrected chi connectivity index (χ3v) is 5.77. The lowest BCUT2D eigenvalue weighted by Gasteiger charge is -2.30. The predicted molar refractivity (Wildman–Crippen MR) is 93.3 cm³/mol. The molecule has 1 aliphatic rings. The van der Waals surface area contributed by atoms with Crippen LogP contribution in [0.5, 0.6) is 0 Å². The topological polar surface area (TPSA) is 97.2 Å². The number of aromatic nitrogens is 3. The minimum atomic E-state index is -4.68. The number of nitrogens with zero attached hydrogens (tertiary/aromatic N) is 4. The van der Waals surface area contributed by atoms with Gasteiger partial charge in [0.05, 0.1) is 23.8 Å². The summed E-state index contributed by atoms with van der Waals surface area (Å²) < 4.78 is 65.8. The van der Waals surface area contributed by atoms with E-state index >= 15 is 0 Å². The third-order valence-electron chi connectivity index (χ3n) is 4.47. The zero-order valence-electron chi connectivity index (χ0n) is 14.8. The van der Waals surface area contributed by atoms with E-state index in [0.717, 1.165) is 29.4 Å². The summed E-state index contributed by atoms with van der Waals surface area (Å²) in [5.41, 5.74) is -1.78. The average molecular weight is 417 g/mol. The highest BCUT2D eigenvalue weighted by Gasteiger charge is 2.37. The normalized spacial score (nSPS) is 16.9. The molecule has 0 bridgehead atoms. The second kappa shape index (κ2) is 7.51. The zero-order valence-corrected chi connectivity index (χ0v) is 15.7. The summed E-state index contributed by atoms with van der Waals surface area (Å²) in [6.45, 7) is 0.461. The van der Waals surface area contributed by atoms with Crippen LogP contribution in [0, 0.1) is 0 Å². The van der Waals surface area contributed by atoms with Gasteiger partial charge in [-0.3, -0.25) is 4.79 Å². The molecular weight excluding hydrogens is 399 g/mol. The van der Waals surface area contributed by atoms with Crippen LogP contribution in [-0.2, 0) is 16.2 Å². The fourth-order valence-corrected chi connectivity index (χ4v) is 3.96. The van der Waals surface area contributed by atoms with Crippen molar-refractivity contribution in [1.29, 1.82) is 0 Å². The number of hydrogen-bond acceptors (Lipinski definition) is 5. The second-order valence-corrected chi connectivity index (χ2v) is 8.42. The number of sulfonamides is 1. The van der Waals surface area contributed by atoms with Crippen molar-refractivity contribution in [1.82, 2.24) is 24.2 Å². The van der Waals surface area contributed by atoms with Crippen molar-refractivity contribution in [2.24, 2.45) is 0 Å². The molecular formula is C16H18F3N5O3S. The first-order chi connectivity index (χ1) is 13.1. The van der Waals surface area contributed by atoms with Crippen LogP contribution in [0.3, 0.4) is 0 Å². The Labute approximate surface area is 159 Å². The van der Waals surface area contributed by atoms with Crippen molar-refractivity contribution in [2.75, 3.05) is 19.3 Å². The maximum atomic E-state index is 13.4. The number of piperidine rings is 1. The molecule has 0 spiro atoms. The van der Waals surface area contributed by atoms with E-state index < -0.39 is 33.4 Å². The fraction of sp³-hybridized carbons (Fsp3) is 0.438. The van der Waals surface area contributed by atoms with Gasteiger partial charge < -0.3 is 9.88 Å². The molecule has 1 amide bonds. The van der Waals surface area contributed by atoms with Crippen LogP contribution in [0.1, 0.15) is 28.9 Å². The van der Waals surface area contributed by atoms with Crippen LogP contribution in [0.25, 0.3) is 5.69 Å². The van der Waals surface area contributed by atoms with Crippen molar-refractivity contribution in [2.45, 2.75) is 25.1 Å². The van der Waals surface area contributed by atoms with Crippen LogP contribution in [0.4, 0.5) is 13.2 Å². The van der Waals surface area contributed by atoms with E-state index in [4.69, 9.17) is 0 Å². The Morgan fingerprint density at radius 3 is 2.46 bits per heavy atom. The van der Waals surface area contributed by atoms with E-state index in [1.165, 1.54) is 16.7 Å². The summed E-state index contributed by atoms with van der Waals surface area (Å²) in [6.07, 6.45) is 1.84. The van der Waals surface area contributed by atoms with Gasteiger partial charge in [-0.2, -0.15) is 13.2 Å². The lowest BCUT2D eigenvalue weighted by Crippen LogP contribution is -2.46. The van der Waals surface area contributed by atoms with E-state index in [9.17, 15) is 26.4 Å². The van der Waals surface area contributed by atoms with Crippen LogP contribution in [0.15, 0.2) is 31.0 Å². The first kappa shape index (κ1) is 20.3. The van der Waals surface area contributed by atoms with Gasteiger partial charge in [-0.1, -0.05) is 0 Å². The number of alkyl halides is 3. The Bertz CT molecular complexity index is 952. The Morgan fingerprint density at radius 1 is 1.25 bits per heavy atom. The summed E-state index contributed by atoms with van der Waals surface area (Å²) in [5, 5.41) is 2.66. The highest BCUT2D eigenvalue weighted by atomic mass is 32.2. The minimum absolute atomic E-state index is 0.230. The smallest absolute Gasteiger partial charge is 0.348 e. The number of imidazole rings is 1. The Hall–Kier alpha value is -2.47. The fourth-order valence-electron chi connectivity index (χ4n) is 3.09. The van der Waals surface area contributed by atoms with E-state index in [1.807, 2.05) is 0 Å². The van der Waals surface area contributed by atoms with E-state index in [1.54, 1.807) is 0 Å². The first-order valence-electron chi connectivity index (χ1n) is 8.38. The van der Waals surface area contributed by atoms with Gasteiger partial charge in [-0.25, -0.2) is 22.7 Å². The van der Waals surface area contributed by atoms with Gasteiger partial charge in [0.1, 0.15) is 0 Å². The van der Waals surface area contributed by atoms with Gasteiger partial charge in [-0.15, -0.1) is 0 Å². The van der Waals surface area contributed by atoms with Crippen molar-refractivity contribution < 1.29 is 26.4 Å². The molecule has 2 aromatic rings. The van der Waals surface area contributed by atoms with E-state index in [0.29, 0.717) is 12.8 Å². The SMILES string of the molecule is CS(=O)(=O)N1CCC(NC(=O)c2nccc(C(F)(F)F)c2-n2ccnc2)CC1. The number of nitrogens with one attached hydrogen (secondary N) is 1. The molecule has 152 valence electrons. The number of carbonyl (C=O) groups excluding carboxylic acids is 1. The number of pyridine rings is 1. The molecule has 1 N–H and O–H groups in total. The molecule has 0 saturated carbocycles. The number of halogens is 3. The lowest BCUT2D eigenvalue weighted by atomic mass is 10.1. The standard InChI is InChI=1S/C16H18F3N5O3S/c1-28(26,27)24-7-3-11(4-8-24)22-15(25)13-14(23-9-6-20-10-23)12(2-5-21-13)16(17,18)19/h2,5-6,9-11H,3-4,7-8H2,1H3,(H,22,25). The molecule has 1 aliphatic heterocycles. The first-order valence-corrected chi connectivity index (χ1v) is 10.2. The van der Waals surface area contributed by atoms with Crippen molar-refractivity contribution in [3.05, 3.63) is 42.2 Å². The van der Waals surface area contributed by atoms with Gasteiger partial charge in [0.25, 0.3) is 5.91 Å². The van der Waals surface area contributed by atoms with Crippen LogP contribution >= 0.6 is 0 Å². The molecule has 1 saturated heterocycles. The van der Waals surface area contributed by atoms with Crippen molar-refractivity contribution in [3.63, 3.8) is 0 Å². The van der Waals surface area contributed by atoms with Crippen LogP contribution in [0.2, 0.25) is 0 Å². The molecule has 0 unspecified atom stereocenters. The molecule has 8 nitrogen and oxygen atoms in total. The van der Waals surface area contributed by atoms with Gasteiger partial charge in [0.15, 0.2) is 5.69 Å². The molecule has 0 radical (unpaired) electrons. The Kier molecular flexibility index (Phi) is 5.44. The molecule has 3 heterocycles. The van der Waals surface area contributed by atoms with Gasteiger partial charge >= 0.3 is 6.18 Å². The Balaban J connectivity index is 1.85. The van der Waals surface area contributed by atoms with Gasteiger partial charge in [-0.05, 0) is 18.9 Å². The third kappa shape index (κ3) is 4.33. The number of carbonyl (C=O) groups is 1. The number of rotatable bonds is 4. The zero-order chi connectivity index (χ0) is 20.5. The highest BCUT2D eigenvalue weighted by Crippen LogP contribution is 2.34. The van der Waals surface area contributed by atoms with Crippen LogP contribution in [-0.4, -0.2) is 58.6 Å². The molecule has 0 aliphatic carbocycles. The quantitative estimate of drug-likeness (QED) is 0.812. The van der Waals surface area contributed by atoms with Crippen molar-refractivity contribution >= 4 is 15.9 Å². The minimum Gasteiger partial charge on any atom is -0.348 e. The maximum absolute atomic E-state index is 13.4. The number of amides is 1. The summed E-state index contributed by atoms with van der Waals surface area (Å²) in [4.78, 5) is 20.3. The molecule has 0 aromatic carbocycles. The van der Waals surface area contributed by atoms with Gasteiger partial charge in [0, 0.05) is 37.7 Å². The van der Waals surface area contributed by atoms with Gasteiger partial charge in [0.2, 0.25) is 10.0 Å². The molecule has 0 atom stereocenters. The molecule has 2 aromatic heterocycles.